The highest BCUT2D eigenvalue weighted by Gasteiger charge is 2.45. The van der Waals surface area contributed by atoms with Crippen molar-refractivity contribution in [3.63, 3.8) is 0 Å². The van der Waals surface area contributed by atoms with E-state index >= 15 is 0 Å². The van der Waals surface area contributed by atoms with Gasteiger partial charge in [0.05, 0.1) is 30.2 Å². The average Bonchev–Trinajstić information content (AvgIpc) is 3.34. The van der Waals surface area contributed by atoms with Gasteiger partial charge in [-0.2, -0.15) is 0 Å². The number of nitrogens with one attached hydrogen (secondary N) is 2. The molecule has 1 aromatic heterocycles. The van der Waals surface area contributed by atoms with Crippen LogP contribution in [0.1, 0.15) is 66.5 Å². The normalized spacial score (nSPS) is 19.7. The fourth-order valence-corrected chi connectivity index (χ4v) is 4.61. The predicted molar refractivity (Wildman–Crippen MR) is 143 cm³/mol. The highest BCUT2D eigenvalue weighted by atomic mass is 16.6. The van der Waals surface area contributed by atoms with Crippen LogP contribution in [-0.4, -0.2) is 75.1 Å². The van der Waals surface area contributed by atoms with Gasteiger partial charge in [-0.25, -0.2) is 4.79 Å². The third-order valence-corrected chi connectivity index (χ3v) is 6.53. The Labute approximate surface area is 223 Å². The number of fused-ring (bicyclic) bond motifs is 1. The van der Waals surface area contributed by atoms with Crippen LogP contribution in [0.2, 0.25) is 0 Å². The molecule has 1 saturated heterocycles. The fourth-order valence-electron chi connectivity index (χ4n) is 4.61. The number of aliphatic hydroxyl groups excluding tert-OH is 1. The Kier molecular flexibility index (Phi) is 8.30. The molecule has 3 amide bonds. The number of nitrogens with zero attached hydrogens (tertiary/aromatic N) is 3. The van der Waals surface area contributed by atoms with Gasteiger partial charge in [0.1, 0.15) is 17.7 Å². The molecule has 4 atom stereocenters. The summed E-state index contributed by atoms with van der Waals surface area (Å²) in [6.07, 6.45) is -1.48. The van der Waals surface area contributed by atoms with E-state index < -0.39 is 41.2 Å². The summed E-state index contributed by atoms with van der Waals surface area (Å²) in [6, 6.07) is 3.50. The van der Waals surface area contributed by atoms with Crippen molar-refractivity contribution in [2.24, 2.45) is 12.5 Å². The number of aryl methyl sites for hydroxylation is 1. The molecule has 38 heavy (non-hydrogen) atoms. The van der Waals surface area contributed by atoms with Crippen LogP contribution in [0.4, 0.5) is 4.79 Å². The van der Waals surface area contributed by atoms with Gasteiger partial charge in [0, 0.05) is 20.0 Å². The molecule has 2 aromatic rings. The summed E-state index contributed by atoms with van der Waals surface area (Å²) in [5, 5.41) is 21.2. The summed E-state index contributed by atoms with van der Waals surface area (Å²) < 4.78 is 12.5. The monoisotopic (exact) mass is 531 g/mol. The van der Waals surface area contributed by atoms with E-state index in [1.165, 1.54) is 4.90 Å². The van der Waals surface area contributed by atoms with Crippen molar-refractivity contribution >= 4 is 28.8 Å². The molecule has 1 fully saturated rings. The lowest BCUT2D eigenvalue weighted by molar-refractivity contribution is -0.142. The lowest BCUT2D eigenvalue weighted by Crippen LogP contribution is -2.58. The number of hydrogen-bond donors (Lipinski definition) is 3. The third kappa shape index (κ3) is 6.56. The molecule has 0 bridgehead atoms. The molecular formula is C27H41N5O6. The number of benzene rings is 1. The first kappa shape index (κ1) is 29.2. The standard InChI is InChI=1S/C27H41N5O6/c1-15(16-10-11-19-18(12-16)23(37-9)30-31(19)8)28-22(34)20-13-17(33)14-32(20)24(35)21(26(2,3)4)29-25(36)38-27(5,6)7/h10-12,15,17,20-21,33H,13-14H2,1-9H3,(H,28,34)(H,29,36)/t15-,17+,20-,21+/m0/s1. The Bertz CT molecular complexity index is 1200. The van der Waals surface area contributed by atoms with Crippen LogP contribution in [-0.2, 0) is 21.4 Å². The molecule has 1 aliphatic rings. The van der Waals surface area contributed by atoms with Crippen LogP contribution < -0.4 is 15.4 Å². The van der Waals surface area contributed by atoms with Gasteiger partial charge >= 0.3 is 6.09 Å². The van der Waals surface area contributed by atoms with Crippen molar-refractivity contribution in [2.75, 3.05) is 13.7 Å². The van der Waals surface area contributed by atoms with Crippen LogP contribution >= 0.6 is 0 Å². The van der Waals surface area contributed by atoms with Crippen molar-refractivity contribution in [1.29, 1.82) is 0 Å². The number of ether oxygens (including phenoxy) is 2. The van der Waals surface area contributed by atoms with Gasteiger partial charge in [0.25, 0.3) is 0 Å². The topological polar surface area (TPSA) is 135 Å². The molecule has 0 aliphatic carbocycles. The maximum atomic E-state index is 13.7. The number of carbonyl (C=O) groups excluding carboxylic acids is 3. The van der Waals surface area contributed by atoms with Gasteiger partial charge in [0.2, 0.25) is 17.7 Å². The number of amides is 3. The zero-order chi connectivity index (χ0) is 28.6. The predicted octanol–water partition coefficient (Wildman–Crippen LogP) is 2.66. The molecule has 3 rings (SSSR count). The second-order valence-corrected chi connectivity index (χ2v) is 12.0. The smallest absolute Gasteiger partial charge is 0.408 e. The maximum Gasteiger partial charge on any atom is 0.408 e. The van der Waals surface area contributed by atoms with E-state index in [0.717, 1.165) is 16.5 Å². The van der Waals surface area contributed by atoms with E-state index in [1.807, 2.05) is 52.9 Å². The van der Waals surface area contributed by atoms with E-state index in [2.05, 4.69) is 15.7 Å². The summed E-state index contributed by atoms with van der Waals surface area (Å²) in [6.45, 7) is 12.5. The van der Waals surface area contributed by atoms with Gasteiger partial charge in [0.15, 0.2) is 0 Å². The van der Waals surface area contributed by atoms with E-state index in [1.54, 1.807) is 32.6 Å². The van der Waals surface area contributed by atoms with Crippen LogP contribution in [0.15, 0.2) is 18.2 Å². The zero-order valence-electron chi connectivity index (χ0n) is 23.8. The number of likely N-dealkylation sites (tertiary alicyclic amines) is 1. The van der Waals surface area contributed by atoms with E-state index in [4.69, 9.17) is 9.47 Å². The molecule has 0 unspecified atom stereocenters. The number of carbonyl (C=O) groups is 3. The van der Waals surface area contributed by atoms with Crippen molar-refractivity contribution in [3.05, 3.63) is 23.8 Å². The summed E-state index contributed by atoms with van der Waals surface area (Å²) in [4.78, 5) is 40.9. The van der Waals surface area contributed by atoms with Gasteiger partial charge in [-0.05, 0) is 50.8 Å². The molecule has 0 saturated carbocycles. The van der Waals surface area contributed by atoms with Crippen LogP contribution in [0.3, 0.4) is 0 Å². The number of β-amino-alcohol motifs (C(OH)–C–C–N with tert-alkyl or cyclic N) is 1. The molecule has 11 nitrogen and oxygen atoms in total. The summed E-state index contributed by atoms with van der Waals surface area (Å²) in [5.41, 5.74) is 0.327. The van der Waals surface area contributed by atoms with Crippen molar-refractivity contribution in [2.45, 2.75) is 84.7 Å². The van der Waals surface area contributed by atoms with Gasteiger partial charge in [-0.3, -0.25) is 14.3 Å². The van der Waals surface area contributed by atoms with Crippen LogP contribution in [0.5, 0.6) is 5.88 Å². The zero-order valence-corrected chi connectivity index (χ0v) is 23.8. The summed E-state index contributed by atoms with van der Waals surface area (Å²) in [7, 11) is 3.38. The number of methoxy groups -OCH3 is 1. The highest BCUT2D eigenvalue weighted by molar-refractivity contribution is 5.93. The molecule has 11 heteroatoms. The first-order valence-corrected chi connectivity index (χ1v) is 12.8. The van der Waals surface area contributed by atoms with Gasteiger partial charge in [-0.15, -0.1) is 5.10 Å². The lowest BCUT2D eigenvalue weighted by Gasteiger charge is -2.35. The number of rotatable bonds is 6. The van der Waals surface area contributed by atoms with Gasteiger partial charge < -0.3 is 30.1 Å². The highest BCUT2D eigenvalue weighted by Crippen LogP contribution is 2.29. The summed E-state index contributed by atoms with van der Waals surface area (Å²) in [5.74, 6) is -0.343. The quantitative estimate of drug-likeness (QED) is 0.522. The molecular weight excluding hydrogens is 490 g/mol. The first-order valence-electron chi connectivity index (χ1n) is 12.8. The number of aromatic nitrogens is 2. The number of aliphatic hydroxyl groups is 1. The Hall–Kier alpha value is -3.34. The first-order chi connectivity index (χ1) is 17.5. The molecule has 3 N–H and O–H groups in total. The number of hydrogen-bond acceptors (Lipinski definition) is 7. The van der Waals surface area contributed by atoms with E-state index in [9.17, 15) is 19.5 Å². The van der Waals surface area contributed by atoms with Crippen LogP contribution in [0.25, 0.3) is 10.9 Å². The molecule has 0 spiro atoms. The minimum atomic E-state index is -0.962. The maximum absolute atomic E-state index is 13.7. The van der Waals surface area contributed by atoms with Gasteiger partial charge in [-0.1, -0.05) is 26.8 Å². The molecule has 1 aromatic carbocycles. The molecule has 0 radical (unpaired) electrons. The Morgan fingerprint density at radius 2 is 1.79 bits per heavy atom. The number of alkyl carbamates (subject to hydrolysis) is 1. The molecule has 1 aliphatic heterocycles. The Morgan fingerprint density at radius 3 is 2.37 bits per heavy atom. The van der Waals surface area contributed by atoms with Crippen molar-refractivity contribution in [3.8, 4) is 5.88 Å². The van der Waals surface area contributed by atoms with E-state index in [-0.39, 0.29) is 24.9 Å². The largest absolute Gasteiger partial charge is 0.479 e. The van der Waals surface area contributed by atoms with Crippen molar-refractivity contribution < 1.29 is 29.0 Å². The third-order valence-electron chi connectivity index (χ3n) is 6.53. The van der Waals surface area contributed by atoms with Crippen molar-refractivity contribution in [1.82, 2.24) is 25.3 Å². The second kappa shape index (κ2) is 10.8. The Balaban J connectivity index is 1.79. The Morgan fingerprint density at radius 1 is 1.13 bits per heavy atom. The molecule has 2 heterocycles. The fraction of sp³-hybridized carbons (Fsp3) is 0.630. The minimum absolute atomic E-state index is 0.00722. The minimum Gasteiger partial charge on any atom is -0.479 e. The van der Waals surface area contributed by atoms with Crippen LogP contribution in [0, 0.1) is 5.41 Å². The average molecular weight is 532 g/mol. The summed E-state index contributed by atoms with van der Waals surface area (Å²) >= 11 is 0. The second-order valence-electron chi connectivity index (χ2n) is 12.0. The van der Waals surface area contributed by atoms with E-state index in [0.29, 0.717) is 5.88 Å². The SMILES string of the molecule is COc1nn(C)c2ccc([C@H](C)NC(=O)[C@@H]3C[C@@H](O)CN3C(=O)[C@@H](NC(=O)OC(C)(C)C)C(C)(C)C)cc12. The molecule has 210 valence electrons. The lowest BCUT2D eigenvalue weighted by atomic mass is 9.85.